The number of methoxy groups -OCH3 is 1. The molecule has 0 bridgehead atoms. The van der Waals surface area contributed by atoms with E-state index in [1.54, 1.807) is 30.3 Å². The van der Waals surface area contributed by atoms with Crippen LogP contribution in [-0.2, 0) is 10.0 Å². The van der Waals surface area contributed by atoms with Crippen LogP contribution in [0.3, 0.4) is 0 Å². The van der Waals surface area contributed by atoms with Crippen LogP contribution in [0.2, 0.25) is 0 Å². The molecule has 3 rings (SSSR count). The van der Waals surface area contributed by atoms with Crippen LogP contribution in [0.15, 0.2) is 77.7 Å². The van der Waals surface area contributed by atoms with E-state index in [0.717, 1.165) is 0 Å². The fraction of sp³-hybridized carbons (Fsp3) is 0.136. The third-order valence-corrected chi connectivity index (χ3v) is 5.57. The minimum Gasteiger partial charge on any atom is -0.495 e. The van der Waals surface area contributed by atoms with Crippen molar-refractivity contribution < 1.29 is 27.1 Å². The molecule has 0 unspecified atom stereocenters. The number of carbonyl (C=O) groups is 1. The lowest BCUT2D eigenvalue weighted by atomic mass is 10.2. The third-order valence-electron chi connectivity index (χ3n) is 4.21. The number of hydrogen-bond donors (Lipinski definition) is 2. The summed E-state index contributed by atoms with van der Waals surface area (Å²) in [7, 11) is -2.50. The number of nitrogens with one attached hydrogen (secondary N) is 2. The van der Waals surface area contributed by atoms with Crippen molar-refractivity contribution in [3.05, 3.63) is 84.2 Å². The van der Waals surface area contributed by atoms with Crippen LogP contribution in [0.1, 0.15) is 10.4 Å². The molecule has 7 nitrogen and oxygen atoms in total. The predicted octanol–water partition coefficient (Wildman–Crippen LogP) is 3.44. The molecule has 3 aromatic rings. The Morgan fingerprint density at radius 2 is 1.77 bits per heavy atom. The number of anilines is 1. The molecule has 3 aromatic carbocycles. The summed E-state index contributed by atoms with van der Waals surface area (Å²) in [5, 5.41) is 2.64. The monoisotopic (exact) mass is 444 g/mol. The first-order valence-corrected chi connectivity index (χ1v) is 10.8. The molecule has 2 N–H and O–H groups in total. The first-order valence-electron chi connectivity index (χ1n) is 9.31. The molecule has 0 heterocycles. The van der Waals surface area contributed by atoms with E-state index in [0.29, 0.717) is 11.5 Å². The van der Waals surface area contributed by atoms with Gasteiger partial charge < -0.3 is 14.8 Å². The quantitative estimate of drug-likeness (QED) is 0.493. The van der Waals surface area contributed by atoms with Gasteiger partial charge in [-0.15, -0.1) is 0 Å². The first kappa shape index (κ1) is 22.1. The summed E-state index contributed by atoms with van der Waals surface area (Å²) in [4.78, 5) is 12.3. The van der Waals surface area contributed by atoms with Crippen molar-refractivity contribution in [3.8, 4) is 11.5 Å². The van der Waals surface area contributed by atoms with E-state index >= 15 is 0 Å². The summed E-state index contributed by atoms with van der Waals surface area (Å²) in [5.41, 5.74) is 0.461. The van der Waals surface area contributed by atoms with Crippen LogP contribution in [0.5, 0.6) is 11.5 Å². The highest BCUT2D eigenvalue weighted by molar-refractivity contribution is 7.92. The van der Waals surface area contributed by atoms with Crippen molar-refractivity contribution in [3.63, 3.8) is 0 Å². The Morgan fingerprint density at radius 1 is 1.00 bits per heavy atom. The Bertz CT molecular complexity index is 1170. The van der Waals surface area contributed by atoms with Crippen molar-refractivity contribution in [2.24, 2.45) is 0 Å². The average molecular weight is 444 g/mol. The lowest BCUT2D eigenvalue weighted by molar-refractivity contribution is 0.0946. The summed E-state index contributed by atoms with van der Waals surface area (Å²) in [6, 6.07) is 17.9. The average Bonchev–Trinajstić information content (AvgIpc) is 2.77. The van der Waals surface area contributed by atoms with E-state index in [1.807, 2.05) is 0 Å². The van der Waals surface area contributed by atoms with Crippen LogP contribution >= 0.6 is 0 Å². The summed E-state index contributed by atoms with van der Waals surface area (Å²) < 4.78 is 51.6. The lowest BCUT2D eigenvalue weighted by Gasteiger charge is -2.12. The maximum Gasteiger partial charge on any atom is 0.262 e. The number of ether oxygens (including phenoxy) is 2. The number of halogens is 1. The van der Waals surface area contributed by atoms with Gasteiger partial charge in [0.05, 0.1) is 24.2 Å². The Kier molecular flexibility index (Phi) is 7.09. The van der Waals surface area contributed by atoms with Gasteiger partial charge in [-0.25, -0.2) is 12.8 Å². The molecule has 0 fully saturated rings. The standard InChI is InChI=1S/C22H21FN2O5S/c1-29-21-11-3-2-10-20(21)25-31(27,28)19-9-4-6-16(14-19)22(26)24-12-13-30-18-8-5-7-17(23)15-18/h2-11,14-15,25H,12-13H2,1H3,(H,24,26). The minimum absolute atomic E-state index is 0.0675. The van der Waals surface area contributed by atoms with Crippen LogP contribution in [0.4, 0.5) is 10.1 Å². The molecule has 0 saturated carbocycles. The molecule has 0 aromatic heterocycles. The topological polar surface area (TPSA) is 93.7 Å². The summed E-state index contributed by atoms with van der Waals surface area (Å²) in [5.74, 6) is -0.151. The predicted molar refractivity (Wildman–Crippen MR) is 114 cm³/mol. The van der Waals surface area contributed by atoms with Crippen LogP contribution in [0, 0.1) is 5.82 Å². The van der Waals surface area contributed by atoms with E-state index in [2.05, 4.69) is 10.0 Å². The van der Waals surface area contributed by atoms with Crippen molar-refractivity contribution >= 4 is 21.6 Å². The molecular formula is C22H21FN2O5S. The molecule has 0 aliphatic rings. The second kappa shape index (κ2) is 9.94. The van der Waals surface area contributed by atoms with Gasteiger partial charge in [-0.2, -0.15) is 0 Å². The van der Waals surface area contributed by atoms with E-state index in [4.69, 9.17) is 9.47 Å². The molecule has 0 radical (unpaired) electrons. The van der Waals surface area contributed by atoms with Gasteiger partial charge in [0.2, 0.25) is 0 Å². The van der Waals surface area contributed by atoms with Gasteiger partial charge in [0.1, 0.15) is 23.9 Å². The Labute approximate surface area is 179 Å². The lowest BCUT2D eigenvalue weighted by Crippen LogP contribution is -2.28. The molecule has 9 heteroatoms. The van der Waals surface area contributed by atoms with Gasteiger partial charge in [0.15, 0.2) is 0 Å². The second-order valence-electron chi connectivity index (χ2n) is 6.40. The maximum atomic E-state index is 13.1. The summed E-state index contributed by atoms with van der Waals surface area (Å²) in [6.45, 7) is 0.286. The van der Waals surface area contributed by atoms with E-state index in [1.165, 1.54) is 49.6 Å². The third kappa shape index (κ3) is 5.95. The highest BCUT2D eigenvalue weighted by Gasteiger charge is 2.18. The SMILES string of the molecule is COc1ccccc1NS(=O)(=O)c1cccc(C(=O)NCCOc2cccc(F)c2)c1. The second-order valence-corrected chi connectivity index (χ2v) is 8.08. The van der Waals surface area contributed by atoms with Gasteiger partial charge in [-0.05, 0) is 42.5 Å². The van der Waals surface area contributed by atoms with Gasteiger partial charge in [0, 0.05) is 11.6 Å². The first-order chi connectivity index (χ1) is 14.9. The largest absolute Gasteiger partial charge is 0.495 e. The fourth-order valence-corrected chi connectivity index (χ4v) is 3.85. The van der Waals surface area contributed by atoms with E-state index in [9.17, 15) is 17.6 Å². The number of para-hydroxylation sites is 2. The summed E-state index contributed by atoms with van der Waals surface area (Å²) >= 11 is 0. The van der Waals surface area contributed by atoms with Crippen molar-refractivity contribution in [1.29, 1.82) is 0 Å². The smallest absolute Gasteiger partial charge is 0.262 e. The zero-order valence-electron chi connectivity index (χ0n) is 16.7. The van der Waals surface area contributed by atoms with Gasteiger partial charge in [-0.1, -0.05) is 24.3 Å². The number of benzene rings is 3. The number of hydrogen-bond acceptors (Lipinski definition) is 5. The number of amides is 1. The molecule has 31 heavy (non-hydrogen) atoms. The molecule has 0 saturated heterocycles. The number of carbonyl (C=O) groups excluding carboxylic acids is 1. The Balaban J connectivity index is 1.62. The minimum atomic E-state index is -3.94. The maximum absolute atomic E-state index is 13.1. The van der Waals surface area contributed by atoms with E-state index < -0.39 is 21.7 Å². The highest BCUT2D eigenvalue weighted by atomic mass is 32.2. The molecule has 0 aliphatic carbocycles. The molecule has 162 valence electrons. The normalized spacial score (nSPS) is 10.9. The number of sulfonamides is 1. The van der Waals surface area contributed by atoms with Gasteiger partial charge in [-0.3, -0.25) is 9.52 Å². The van der Waals surface area contributed by atoms with Crippen molar-refractivity contribution in [2.45, 2.75) is 4.90 Å². The van der Waals surface area contributed by atoms with E-state index in [-0.39, 0.29) is 29.3 Å². The Hall–Kier alpha value is -3.59. The Morgan fingerprint density at radius 3 is 2.55 bits per heavy atom. The number of rotatable bonds is 9. The molecule has 0 atom stereocenters. The van der Waals surface area contributed by atoms with Crippen LogP contribution in [0.25, 0.3) is 0 Å². The molecular weight excluding hydrogens is 423 g/mol. The fourth-order valence-electron chi connectivity index (χ4n) is 2.73. The van der Waals surface area contributed by atoms with Crippen molar-refractivity contribution in [2.75, 3.05) is 25.0 Å². The zero-order chi connectivity index (χ0) is 22.3. The molecule has 0 spiro atoms. The van der Waals surface area contributed by atoms with Crippen LogP contribution in [-0.4, -0.2) is 34.6 Å². The van der Waals surface area contributed by atoms with Crippen LogP contribution < -0.4 is 19.5 Å². The van der Waals surface area contributed by atoms with Crippen molar-refractivity contribution in [1.82, 2.24) is 5.32 Å². The highest BCUT2D eigenvalue weighted by Crippen LogP contribution is 2.26. The van der Waals surface area contributed by atoms with Gasteiger partial charge in [0.25, 0.3) is 15.9 Å². The zero-order valence-corrected chi connectivity index (χ0v) is 17.5. The molecule has 1 amide bonds. The van der Waals surface area contributed by atoms with Gasteiger partial charge >= 0.3 is 0 Å². The molecule has 0 aliphatic heterocycles. The summed E-state index contributed by atoms with van der Waals surface area (Å²) in [6.07, 6.45) is 0.